The average Bonchev–Trinajstić information content (AvgIpc) is 3.05. The molecule has 2 aromatic heterocycles. The number of rotatable bonds is 5. The third kappa shape index (κ3) is 3.37. The van der Waals surface area contributed by atoms with E-state index in [9.17, 15) is 14.9 Å². The van der Waals surface area contributed by atoms with Gasteiger partial charge < -0.3 is 10.3 Å². The van der Waals surface area contributed by atoms with Crippen LogP contribution in [0, 0.1) is 17.0 Å². The summed E-state index contributed by atoms with van der Waals surface area (Å²) in [7, 11) is 0. The predicted octanol–water partition coefficient (Wildman–Crippen LogP) is 3.45. The molecule has 0 saturated carbocycles. The summed E-state index contributed by atoms with van der Waals surface area (Å²) in [6, 6.07) is 12.3. The highest BCUT2D eigenvalue weighted by Gasteiger charge is 2.15. The minimum atomic E-state index is -0.477. The summed E-state index contributed by atoms with van der Waals surface area (Å²) in [6.45, 7) is 1.59. The molecular weight excluding hydrogens is 380 g/mol. The van der Waals surface area contributed by atoms with Crippen LogP contribution in [-0.4, -0.2) is 36.7 Å². The van der Waals surface area contributed by atoms with E-state index >= 15 is 0 Å². The standard InChI is InChI=1S/C18H14N6O3S/c1-10-12(7-4-8-14(10)24(26)27)19-15(25)9-28-18-21-17-16(22-23-18)11-5-2-3-6-13(11)20-17/h2-8H,9H2,1H3,(H,19,25)(H,20,21,23). The lowest BCUT2D eigenvalue weighted by molar-refractivity contribution is -0.385. The number of nitrogens with zero attached hydrogens (tertiary/aromatic N) is 4. The van der Waals surface area contributed by atoms with Crippen LogP contribution in [0.1, 0.15) is 5.56 Å². The first-order chi connectivity index (χ1) is 13.5. The SMILES string of the molecule is Cc1c(NC(=O)CSc2nnc3c(n2)[nH]c2ccccc23)cccc1[N+](=O)[O-]. The third-order valence-corrected chi connectivity index (χ3v) is 5.05. The van der Waals surface area contributed by atoms with Gasteiger partial charge in [-0.15, -0.1) is 10.2 Å². The fourth-order valence-electron chi connectivity index (χ4n) is 2.84. The van der Waals surface area contributed by atoms with Crippen molar-refractivity contribution in [3.63, 3.8) is 0 Å². The molecule has 2 aromatic carbocycles. The molecule has 2 heterocycles. The van der Waals surface area contributed by atoms with Crippen molar-refractivity contribution in [3.8, 4) is 0 Å². The molecule has 0 aliphatic heterocycles. The van der Waals surface area contributed by atoms with Gasteiger partial charge in [-0.3, -0.25) is 14.9 Å². The maximum atomic E-state index is 12.2. The molecule has 4 aromatic rings. The number of nitro benzene ring substituents is 1. The number of nitro groups is 1. The van der Waals surface area contributed by atoms with Crippen LogP contribution >= 0.6 is 11.8 Å². The Kier molecular flexibility index (Phi) is 4.62. The summed E-state index contributed by atoms with van der Waals surface area (Å²) in [4.78, 5) is 30.4. The molecule has 140 valence electrons. The number of aromatic amines is 1. The van der Waals surface area contributed by atoms with E-state index < -0.39 is 4.92 Å². The number of H-pyrrole nitrogens is 1. The van der Waals surface area contributed by atoms with Crippen LogP contribution in [0.4, 0.5) is 11.4 Å². The van der Waals surface area contributed by atoms with E-state index in [1.54, 1.807) is 13.0 Å². The normalized spacial score (nSPS) is 11.0. The third-order valence-electron chi connectivity index (χ3n) is 4.21. The summed E-state index contributed by atoms with van der Waals surface area (Å²) in [5.74, 6) is -0.260. The van der Waals surface area contributed by atoms with E-state index in [1.807, 2.05) is 24.3 Å². The highest BCUT2D eigenvalue weighted by Crippen LogP contribution is 2.26. The lowest BCUT2D eigenvalue weighted by Crippen LogP contribution is -2.15. The second-order valence-corrected chi connectivity index (χ2v) is 6.95. The lowest BCUT2D eigenvalue weighted by atomic mass is 10.1. The fraction of sp³-hybridized carbons (Fsp3) is 0.111. The second-order valence-electron chi connectivity index (χ2n) is 6.01. The van der Waals surface area contributed by atoms with Crippen molar-refractivity contribution in [1.82, 2.24) is 20.2 Å². The monoisotopic (exact) mass is 394 g/mol. The number of benzene rings is 2. The minimum absolute atomic E-state index is 0.0396. The summed E-state index contributed by atoms with van der Waals surface area (Å²) in [5, 5.41) is 23.3. The Hall–Kier alpha value is -3.53. The zero-order valence-electron chi connectivity index (χ0n) is 14.7. The molecular formula is C18H14N6O3S. The Morgan fingerprint density at radius 2 is 2.04 bits per heavy atom. The number of fused-ring (bicyclic) bond motifs is 3. The highest BCUT2D eigenvalue weighted by atomic mass is 32.2. The van der Waals surface area contributed by atoms with Gasteiger partial charge in [0.1, 0.15) is 5.52 Å². The number of thioether (sulfide) groups is 1. The average molecular weight is 394 g/mol. The highest BCUT2D eigenvalue weighted by molar-refractivity contribution is 7.99. The van der Waals surface area contributed by atoms with Crippen molar-refractivity contribution in [2.45, 2.75) is 12.1 Å². The van der Waals surface area contributed by atoms with Gasteiger partial charge in [-0.2, -0.15) is 0 Å². The van der Waals surface area contributed by atoms with E-state index in [-0.39, 0.29) is 17.3 Å². The van der Waals surface area contributed by atoms with Gasteiger partial charge in [-0.25, -0.2) is 4.98 Å². The molecule has 0 aliphatic rings. The van der Waals surface area contributed by atoms with Crippen molar-refractivity contribution in [3.05, 3.63) is 58.1 Å². The Labute approximate surface area is 162 Å². The predicted molar refractivity (Wildman–Crippen MR) is 106 cm³/mol. The Balaban J connectivity index is 1.47. The summed E-state index contributed by atoms with van der Waals surface area (Å²) >= 11 is 1.14. The van der Waals surface area contributed by atoms with Crippen molar-refractivity contribution in [1.29, 1.82) is 0 Å². The van der Waals surface area contributed by atoms with E-state index in [0.29, 0.717) is 27.6 Å². The molecule has 1 amide bonds. The molecule has 0 radical (unpaired) electrons. The molecule has 0 aliphatic carbocycles. The smallest absolute Gasteiger partial charge is 0.274 e. The maximum absolute atomic E-state index is 12.2. The number of carbonyl (C=O) groups is 1. The van der Waals surface area contributed by atoms with Gasteiger partial charge in [-0.1, -0.05) is 36.0 Å². The van der Waals surface area contributed by atoms with E-state index in [0.717, 1.165) is 22.7 Å². The minimum Gasteiger partial charge on any atom is -0.338 e. The van der Waals surface area contributed by atoms with Crippen LogP contribution in [0.2, 0.25) is 0 Å². The number of aromatic nitrogens is 4. The summed E-state index contributed by atoms with van der Waals surface area (Å²) in [5.41, 5.74) is 2.97. The molecule has 0 bridgehead atoms. The zero-order valence-corrected chi connectivity index (χ0v) is 15.5. The lowest BCUT2D eigenvalue weighted by Gasteiger charge is -2.08. The van der Waals surface area contributed by atoms with Crippen molar-refractivity contribution in [2.24, 2.45) is 0 Å². The molecule has 28 heavy (non-hydrogen) atoms. The molecule has 4 rings (SSSR count). The summed E-state index contributed by atoms with van der Waals surface area (Å²) in [6.07, 6.45) is 0. The van der Waals surface area contributed by atoms with Gasteiger partial charge >= 0.3 is 0 Å². The Morgan fingerprint density at radius 3 is 2.86 bits per heavy atom. The quantitative estimate of drug-likeness (QED) is 0.301. The van der Waals surface area contributed by atoms with Crippen LogP contribution in [0.15, 0.2) is 47.6 Å². The molecule has 0 spiro atoms. The topological polar surface area (TPSA) is 127 Å². The van der Waals surface area contributed by atoms with Gasteiger partial charge in [0, 0.05) is 17.0 Å². The molecule has 0 fully saturated rings. The zero-order chi connectivity index (χ0) is 19.7. The van der Waals surface area contributed by atoms with Crippen molar-refractivity contribution in [2.75, 3.05) is 11.1 Å². The Bertz CT molecular complexity index is 1220. The van der Waals surface area contributed by atoms with Crippen LogP contribution < -0.4 is 5.32 Å². The van der Waals surface area contributed by atoms with E-state index in [4.69, 9.17) is 0 Å². The van der Waals surface area contributed by atoms with Crippen LogP contribution in [0.3, 0.4) is 0 Å². The number of para-hydroxylation sites is 1. The molecule has 0 atom stereocenters. The van der Waals surface area contributed by atoms with Gasteiger partial charge in [0.2, 0.25) is 11.1 Å². The largest absolute Gasteiger partial charge is 0.338 e. The van der Waals surface area contributed by atoms with Gasteiger partial charge in [0.25, 0.3) is 5.69 Å². The molecule has 9 nitrogen and oxygen atoms in total. The number of nitrogens with one attached hydrogen (secondary N) is 2. The molecule has 2 N–H and O–H groups in total. The first kappa shape index (κ1) is 17.9. The van der Waals surface area contributed by atoms with Crippen LogP contribution in [-0.2, 0) is 4.79 Å². The number of hydrogen-bond acceptors (Lipinski definition) is 7. The Morgan fingerprint density at radius 1 is 1.21 bits per heavy atom. The van der Waals surface area contributed by atoms with Crippen LogP contribution in [0.25, 0.3) is 22.1 Å². The van der Waals surface area contributed by atoms with Gasteiger partial charge in [0.15, 0.2) is 5.65 Å². The second kappa shape index (κ2) is 7.24. The molecule has 0 unspecified atom stereocenters. The first-order valence-corrected chi connectivity index (χ1v) is 9.29. The van der Waals surface area contributed by atoms with E-state index in [1.165, 1.54) is 12.1 Å². The van der Waals surface area contributed by atoms with Crippen LogP contribution in [0.5, 0.6) is 0 Å². The number of carbonyl (C=O) groups excluding carboxylic acids is 1. The van der Waals surface area contributed by atoms with Gasteiger partial charge in [-0.05, 0) is 19.1 Å². The van der Waals surface area contributed by atoms with Gasteiger partial charge in [0.05, 0.1) is 21.9 Å². The maximum Gasteiger partial charge on any atom is 0.274 e. The first-order valence-electron chi connectivity index (χ1n) is 8.31. The molecule has 0 saturated heterocycles. The number of amides is 1. The fourth-order valence-corrected chi connectivity index (χ4v) is 3.43. The summed E-state index contributed by atoms with van der Waals surface area (Å²) < 4.78 is 0. The number of hydrogen-bond donors (Lipinski definition) is 2. The van der Waals surface area contributed by atoms with E-state index in [2.05, 4.69) is 25.5 Å². The van der Waals surface area contributed by atoms with Crippen molar-refractivity contribution < 1.29 is 9.72 Å². The number of anilines is 1. The van der Waals surface area contributed by atoms with Crippen molar-refractivity contribution >= 4 is 51.1 Å². The molecule has 10 heteroatoms.